The van der Waals surface area contributed by atoms with Crippen molar-refractivity contribution in [2.75, 3.05) is 5.32 Å². The second-order valence-electron chi connectivity index (χ2n) is 12.7. The van der Waals surface area contributed by atoms with Crippen molar-refractivity contribution in [3.63, 3.8) is 0 Å². The Kier molecular flexibility index (Phi) is 10.2. The number of hydrogen-bond acceptors (Lipinski definition) is 5. The standard InChI is InChI=1S/C37H43N3O5/c1-23(2)40(35(43)32(39-36(44)45-37(5,6)7)21-26-13-17-30(41)18-14-26)33(31-19-12-24(3)20-25(31)4)34(42)38-29-16-15-27-10-8-9-11-28(27)22-29/h8-20,22-23,32-33,41H,21H2,1-7H3,(H,38,42)(H,39,44). The van der Waals surface area contributed by atoms with Crippen LogP contribution in [0.1, 0.15) is 62.9 Å². The second-order valence-corrected chi connectivity index (χ2v) is 12.7. The van der Waals surface area contributed by atoms with Crippen LogP contribution in [0, 0.1) is 13.8 Å². The Morgan fingerprint density at radius 2 is 1.53 bits per heavy atom. The highest BCUT2D eigenvalue weighted by atomic mass is 16.6. The van der Waals surface area contributed by atoms with Crippen molar-refractivity contribution in [2.24, 2.45) is 0 Å². The van der Waals surface area contributed by atoms with Gasteiger partial charge in [-0.1, -0.05) is 66.2 Å². The number of alkyl carbamates (subject to hydrolysis) is 1. The third-order valence-electron chi connectivity index (χ3n) is 7.44. The molecular weight excluding hydrogens is 566 g/mol. The molecule has 8 heteroatoms. The molecule has 0 aliphatic carbocycles. The van der Waals surface area contributed by atoms with E-state index in [0.717, 1.165) is 27.5 Å². The number of hydrogen-bond donors (Lipinski definition) is 3. The fourth-order valence-electron chi connectivity index (χ4n) is 5.40. The molecule has 4 aromatic rings. The molecule has 0 aliphatic rings. The van der Waals surface area contributed by atoms with E-state index in [1.165, 1.54) is 17.0 Å². The number of aromatic hydroxyl groups is 1. The van der Waals surface area contributed by atoms with Gasteiger partial charge in [-0.25, -0.2) is 4.79 Å². The average molecular weight is 610 g/mol. The van der Waals surface area contributed by atoms with E-state index >= 15 is 0 Å². The molecule has 0 bridgehead atoms. The highest BCUT2D eigenvalue weighted by Crippen LogP contribution is 2.30. The fourth-order valence-corrected chi connectivity index (χ4v) is 5.40. The van der Waals surface area contributed by atoms with E-state index in [1.807, 2.05) is 88.4 Å². The third-order valence-corrected chi connectivity index (χ3v) is 7.44. The average Bonchev–Trinajstić information content (AvgIpc) is 2.95. The summed E-state index contributed by atoms with van der Waals surface area (Å²) in [7, 11) is 0. The summed E-state index contributed by atoms with van der Waals surface area (Å²) < 4.78 is 5.51. The van der Waals surface area contributed by atoms with E-state index in [9.17, 15) is 19.5 Å². The molecule has 3 amide bonds. The zero-order valence-corrected chi connectivity index (χ0v) is 27.0. The van der Waals surface area contributed by atoms with Gasteiger partial charge in [0.15, 0.2) is 0 Å². The number of fused-ring (bicyclic) bond motifs is 1. The Hall–Kier alpha value is -4.85. The molecule has 4 aromatic carbocycles. The van der Waals surface area contributed by atoms with Crippen molar-refractivity contribution in [3.05, 3.63) is 107 Å². The molecule has 0 saturated carbocycles. The maximum atomic E-state index is 14.6. The van der Waals surface area contributed by atoms with E-state index < -0.39 is 35.7 Å². The molecule has 0 aliphatic heterocycles. The Morgan fingerprint density at radius 3 is 2.16 bits per heavy atom. The first-order valence-corrected chi connectivity index (χ1v) is 15.2. The first kappa shape index (κ1) is 33.1. The summed E-state index contributed by atoms with van der Waals surface area (Å²) in [6.45, 7) is 12.8. The molecule has 45 heavy (non-hydrogen) atoms. The number of nitrogens with one attached hydrogen (secondary N) is 2. The van der Waals surface area contributed by atoms with Gasteiger partial charge >= 0.3 is 6.09 Å². The van der Waals surface area contributed by atoms with Gasteiger partial charge in [0.2, 0.25) is 5.91 Å². The molecule has 0 heterocycles. The highest BCUT2D eigenvalue weighted by Gasteiger charge is 2.38. The molecular formula is C37H43N3O5. The molecule has 0 fully saturated rings. The van der Waals surface area contributed by atoms with Crippen molar-refractivity contribution >= 4 is 34.4 Å². The minimum Gasteiger partial charge on any atom is -0.508 e. The number of benzene rings is 4. The lowest BCUT2D eigenvalue weighted by molar-refractivity contribution is -0.142. The molecule has 8 nitrogen and oxygen atoms in total. The van der Waals surface area contributed by atoms with Gasteiger partial charge < -0.3 is 25.4 Å². The summed E-state index contributed by atoms with van der Waals surface area (Å²) in [5.74, 6) is -0.728. The normalized spacial score (nSPS) is 12.8. The molecule has 4 rings (SSSR count). The summed E-state index contributed by atoms with van der Waals surface area (Å²) >= 11 is 0. The van der Waals surface area contributed by atoms with Crippen molar-refractivity contribution in [1.82, 2.24) is 10.2 Å². The van der Waals surface area contributed by atoms with Crippen LogP contribution in [-0.2, 0) is 20.7 Å². The Bertz CT molecular complexity index is 1670. The third kappa shape index (κ3) is 8.62. The van der Waals surface area contributed by atoms with Crippen LogP contribution in [0.3, 0.4) is 0 Å². The lowest BCUT2D eigenvalue weighted by atomic mass is 9.94. The van der Waals surface area contributed by atoms with Gasteiger partial charge in [0.1, 0.15) is 23.4 Å². The van der Waals surface area contributed by atoms with Crippen LogP contribution >= 0.6 is 0 Å². The molecule has 0 radical (unpaired) electrons. The summed E-state index contributed by atoms with van der Waals surface area (Å²) in [5, 5.41) is 17.7. The van der Waals surface area contributed by atoms with Crippen LogP contribution in [0.25, 0.3) is 10.8 Å². The van der Waals surface area contributed by atoms with Gasteiger partial charge in [0.05, 0.1) is 0 Å². The van der Waals surface area contributed by atoms with Gasteiger partial charge in [0.25, 0.3) is 5.91 Å². The Labute approximate surface area is 265 Å². The first-order chi connectivity index (χ1) is 21.2. The van der Waals surface area contributed by atoms with Crippen LogP contribution in [0.5, 0.6) is 5.75 Å². The predicted octanol–water partition coefficient (Wildman–Crippen LogP) is 7.22. The molecule has 2 unspecified atom stereocenters. The lowest BCUT2D eigenvalue weighted by Crippen LogP contribution is -2.55. The number of phenols is 1. The minimum absolute atomic E-state index is 0.0887. The summed E-state index contributed by atoms with van der Waals surface area (Å²) in [6.07, 6.45) is -0.625. The second kappa shape index (κ2) is 13.8. The SMILES string of the molecule is Cc1ccc(C(C(=O)Nc2ccc3ccccc3c2)N(C(=O)C(Cc2ccc(O)cc2)NC(=O)OC(C)(C)C)C(C)C)c(C)c1. The van der Waals surface area contributed by atoms with Crippen LogP contribution in [-0.4, -0.2) is 45.6 Å². The molecule has 0 aromatic heterocycles. The maximum absolute atomic E-state index is 14.6. The molecule has 2 atom stereocenters. The largest absolute Gasteiger partial charge is 0.508 e. The number of ether oxygens (including phenoxy) is 1. The molecule has 3 N–H and O–H groups in total. The fraction of sp³-hybridized carbons (Fsp3) is 0.324. The topological polar surface area (TPSA) is 108 Å². The molecule has 0 saturated heterocycles. The number of amides is 3. The van der Waals surface area contributed by atoms with Gasteiger partial charge in [-0.05, 0) is 100 Å². The lowest BCUT2D eigenvalue weighted by Gasteiger charge is -2.38. The monoisotopic (exact) mass is 609 g/mol. The Morgan fingerprint density at radius 1 is 0.867 bits per heavy atom. The first-order valence-electron chi connectivity index (χ1n) is 15.2. The van der Waals surface area contributed by atoms with Crippen LogP contribution in [0.15, 0.2) is 84.9 Å². The maximum Gasteiger partial charge on any atom is 0.408 e. The minimum atomic E-state index is -1.06. The number of phenolic OH excluding ortho intramolecular Hbond substituents is 1. The number of carbonyl (C=O) groups is 3. The van der Waals surface area contributed by atoms with Crippen molar-refractivity contribution in [3.8, 4) is 5.75 Å². The van der Waals surface area contributed by atoms with Crippen molar-refractivity contribution in [1.29, 1.82) is 0 Å². The zero-order chi connectivity index (χ0) is 32.9. The number of nitrogens with zero attached hydrogens (tertiary/aromatic N) is 1. The van der Waals surface area contributed by atoms with E-state index in [2.05, 4.69) is 10.6 Å². The van der Waals surface area contributed by atoms with E-state index in [0.29, 0.717) is 11.3 Å². The van der Waals surface area contributed by atoms with Crippen molar-refractivity contribution in [2.45, 2.75) is 78.6 Å². The van der Waals surface area contributed by atoms with Crippen LogP contribution < -0.4 is 10.6 Å². The number of carbonyl (C=O) groups excluding carboxylic acids is 3. The summed E-state index contributed by atoms with van der Waals surface area (Å²) in [5.41, 5.74) is 3.12. The molecule has 0 spiro atoms. The molecule has 236 valence electrons. The van der Waals surface area contributed by atoms with Gasteiger partial charge in [-0.15, -0.1) is 0 Å². The van der Waals surface area contributed by atoms with Crippen LogP contribution in [0.2, 0.25) is 0 Å². The van der Waals surface area contributed by atoms with E-state index in [4.69, 9.17) is 4.74 Å². The summed E-state index contributed by atoms with van der Waals surface area (Å²) in [6, 6.07) is 23.3. The van der Waals surface area contributed by atoms with Gasteiger partial charge in [0, 0.05) is 18.2 Å². The van der Waals surface area contributed by atoms with E-state index in [1.54, 1.807) is 32.9 Å². The Balaban J connectivity index is 1.76. The predicted molar refractivity (Wildman–Crippen MR) is 178 cm³/mol. The quantitative estimate of drug-likeness (QED) is 0.186. The smallest absolute Gasteiger partial charge is 0.408 e. The number of aryl methyl sites for hydroxylation is 2. The highest BCUT2D eigenvalue weighted by molar-refractivity contribution is 6.00. The van der Waals surface area contributed by atoms with Gasteiger partial charge in [-0.2, -0.15) is 0 Å². The van der Waals surface area contributed by atoms with E-state index in [-0.39, 0.29) is 18.1 Å². The zero-order valence-electron chi connectivity index (χ0n) is 27.0. The van der Waals surface area contributed by atoms with Crippen LogP contribution in [0.4, 0.5) is 10.5 Å². The number of anilines is 1. The van der Waals surface area contributed by atoms with Gasteiger partial charge in [-0.3, -0.25) is 9.59 Å². The van der Waals surface area contributed by atoms with Crippen molar-refractivity contribution < 1.29 is 24.2 Å². The summed E-state index contributed by atoms with van der Waals surface area (Å²) in [4.78, 5) is 43.5. The number of rotatable bonds is 9.